The molecule has 0 saturated heterocycles. The maximum absolute atomic E-state index is 9.57. The van der Waals surface area contributed by atoms with Gasteiger partial charge < -0.3 is 0 Å². The molecule has 0 spiro atoms. The molecular weight excluding hydrogens is 190 g/mol. The maximum atomic E-state index is 9.57. The smallest absolute Gasteiger partial charge is 0.166 e. The molecule has 4 nitrogen and oxygen atoms in total. The lowest BCUT2D eigenvalue weighted by Crippen LogP contribution is -2.29. The zero-order chi connectivity index (χ0) is 10.3. The lowest BCUT2D eigenvalue weighted by atomic mass is 10.1. The summed E-state index contributed by atoms with van der Waals surface area (Å²) >= 11 is 0. The van der Waals surface area contributed by atoms with Gasteiger partial charge in [0.25, 0.3) is 0 Å². The van der Waals surface area contributed by atoms with Crippen LogP contribution in [0.2, 0.25) is 0 Å². The van der Waals surface area contributed by atoms with Gasteiger partial charge in [-0.15, -0.1) is 0 Å². The Hall–Kier alpha value is -1.94. The predicted octanol–water partition coefficient (Wildman–Crippen LogP) is 0.231. The number of allylic oxidation sites excluding steroid dienone is 1. The molecule has 3 rings (SSSR count). The fourth-order valence-corrected chi connectivity index (χ4v) is 1.70. The first-order valence-corrected chi connectivity index (χ1v) is 4.73. The minimum Gasteiger partial charge on any atom is -0.283 e. The number of anilines is 1. The molecule has 74 valence electrons. The summed E-state index contributed by atoms with van der Waals surface area (Å²) in [4.78, 5) is 8.57. The summed E-state index contributed by atoms with van der Waals surface area (Å²) < 4.78 is 0. The highest BCUT2D eigenvalue weighted by molar-refractivity contribution is 5.59. The van der Waals surface area contributed by atoms with Crippen molar-refractivity contribution in [3.63, 3.8) is 0 Å². The van der Waals surface area contributed by atoms with Crippen molar-refractivity contribution in [2.24, 2.45) is 4.99 Å². The van der Waals surface area contributed by atoms with Gasteiger partial charge in [0, 0.05) is 17.0 Å². The maximum Gasteiger partial charge on any atom is 0.166 e. The Balaban J connectivity index is 2.36. The fourth-order valence-electron chi connectivity index (χ4n) is 1.70. The van der Waals surface area contributed by atoms with E-state index in [4.69, 9.17) is 0 Å². The highest BCUT2D eigenvalue weighted by atomic mass is 16.5. The molecule has 1 aromatic heterocycles. The van der Waals surface area contributed by atoms with Crippen molar-refractivity contribution in [1.29, 1.82) is 0 Å². The Morgan fingerprint density at radius 1 is 1.40 bits per heavy atom. The predicted molar refractivity (Wildman–Crippen MR) is 56.8 cm³/mol. The van der Waals surface area contributed by atoms with Crippen LogP contribution >= 0.6 is 0 Å². The number of rotatable bonds is 0. The third kappa shape index (κ3) is 1.27. The lowest BCUT2D eigenvalue weighted by Gasteiger charge is -2.15. The number of hydrogen-bond donors (Lipinski definition) is 1. The monoisotopic (exact) mass is 199 g/mol. The molecule has 1 N–H and O–H groups in total. The van der Waals surface area contributed by atoms with Gasteiger partial charge in [0.2, 0.25) is 0 Å². The van der Waals surface area contributed by atoms with Gasteiger partial charge in [-0.3, -0.25) is 10.2 Å². The zero-order valence-electron chi connectivity index (χ0n) is 7.96. The summed E-state index contributed by atoms with van der Waals surface area (Å²) in [6, 6.07) is 1.98. The number of hydrogen-bond acceptors (Lipinski definition) is 4. The highest BCUT2D eigenvalue weighted by Gasteiger charge is 2.09. The first-order valence-electron chi connectivity index (χ1n) is 4.73. The average Bonchev–Trinajstić information content (AvgIpc) is 2.27. The Labute approximate surface area is 86.2 Å². The number of hydroxylamine groups is 1. The van der Waals surface area contributed by atoms with Gasteiger partial charge in [-0.25, -0.2) is 10.0 Å². The van der Waals surface area contributed by atoms with Gasteiger partial charge >= 0.3 is 0 Å². The highest BCUT2D eigenvalue weighted by Crippen LogP contribution is 2.06. The van der Waals surface area contributed by atoms with Crippen LogP contribution < -0.4 is 15.8 Å². The van der Waals surface area contributed by atoms with E-state index in [-0.39, 0.29) is 0 Å². The minimum absolute atomic E-state index is 0.537. The molecule has 2 aliphatic rings. The van der Waals surface area contributed by atoms with Crippen LogP contribution in [0.4, 0.5) is 5.82 Å². The zero-order valence-corrected chi connectivity index (χ0v) is 7.96. The van der Waals surface area contributed by atoms with E-state index in [0.29, 0.717) is 17.9 Å². The Morgan fingerprint density at radius 2 is 2.33 bits per heavy atom. The number of pyridine rings is 1. The molecule has 1 aromatic rings. The van der Waals surface area contributed by atoms with E-state index in [9.17, 15) is 5.21 Å². The van der Waals surface area contributed by atoms with Crippen molar-refractivity contribution in [3.8, 4) is 0 Å². The molecule has 0 amide bonds. The van der Waals surface area contributed by atoms with Crippen molar-refractivity contribution in [1.82, 2.24) is 4.98 Å². The molecule has 0 bridgehead atoms. The summed E-state index contributed by atoms with van der Waals surface area (Å²) in [5, 5.41) is 11.5. The molecule has 0 atom stereocenters. The van der Waals surface area contributed by atoms with Crippen LogP contribution in [0.5, 0.6) is 0 Å². The topological polar surface area (TPSA) is 48.7 Å². The molecule has 0 aromatic carbocycles. The minimum atomic E-state index is 0.537. The molecule has 0 fully saturated rings. The molecule has 3 heterocycles. The van der Waals surface area contributed by atoms with E-state index in [1.165, 1.54) is 0 Å². The van der Waals surface area contributed by atoms with Crippen molar-refractivity contribution in [2.45, 2.75) is 0 Å². The van der Waals surface area contributed by atoms with Crippen LogP contribution in [0, 0.1) is 0 Å². The third-order valence-corrected chi connectivity index (χ3v) is 2.40. The summed E-state index contributed by atoms with van der Waals surface area (Å²) in [6.45, 7) is 0.657. The Kier molecular flexibility index (Phi) is 1.69. The Bertz CT molecular complexity index is 587. The number of fused-ring (bicyclic) bond motifs is 2. The normalized spacial score (nSPS) is 16.5. The van der Waals surface area contributed by atoms with Gasteiger partial charge in [0.1, 0.15) is 0 Å². The molecule has 0 aliphatic carbocycles. The van der Waals surface area contributed by atoms with E-state index in [0.717, 1.165) is 15.8 Å². The van der Waals surface area contributed by atoms with Gasteiger partial charge in [0.05, 0.1) is 6.54 Å². The number of aromatic nitrogens is 1. The van der Waals surface area contributed by atoms with Crippen LogP contribution in [-0.4, -0.2) is 16.7 Å². The summed E-state index contributed by atoms with van der Waals surface area (Å²) in [5.74, 6) is 0.537. The molecular formula is C11H9N3O. The quantitative estimate of drug-likeness (QED) is 0.650. The second-order valence-corrected chi connectivity index (χ2v) is 3.41. The van der Waals surface area contributed by atoms with Gasteiger partial charge in [0.15, 0.2) is 11.3 Å². The van der Waals surface area contributed by atoms with E-state index >= 15 is 0 Å². The van der Waals surface area contributed by atoms with E-state index in [1.54, 1.807) is 12.3 Å². The summed E-state index contributed by atoms with van der Waals surface area (Å²) in [7, 11) is 0. The van der Waals surface area contributed by atoms with Gasteiger partial charge in [-0.1, -0.05) is 12.2 Å². The molecule has 2 aliphatic heterocycles. The third-order valence-electron chi connectivity index (χ3n) is 2.40. The van der Waals surface area contributed by atoms with Crippen LogP contribution in [0.15, 0.2) is 29.4 Å². The summed E-state index contributed by atoms with van der Waals surface area (Å²) in [5.41, 5.74) is 1.69. The van der Waals surface area contributed by atoms with Crippen LogP contribution in [0.25, 0.3) is 12.2 Å². The fraction of sp³-hybridized carbons (Fsp3) is 0.0909. The van der Waals surface area contributed by atoms with E-state index < -0.39 is 0 Å². The summed E-state index contributed by atoms with van der Waals surface area (Å²) in [6.07, 6.45) is 9.24. The van der Waals surface area contributed by atoms with Crippen molar-refractivity contribution >= 4 is 18.0 Å². The largest absolute Gasteiger partial charge is 0.283 e. The van der Waals surface area contributed by atoms with Crippen molar-refractivity contribution < 1.29 is 5.21 Å². The van der Waals surface area contributed by atoms with Crippen LogP contribution in [0.3, 0.4) is 0 Å². The molecule has 0 saturated carbocycles. The molecule has 0 radical (unpaired) electrons. The first kappa shape index (κ1) is 8.38. The average molecular weight is 199 g/mol. The second kappa shape index (κ2) is 3.03. The van der Waals surface area contributed by atoms with Crippen LogP contribution in [-0.2, 0) is 0 Å². The van der Waals surface area contributed by atoms with Crippen LogP contribution in [0.1, 0.15) is 5.56 Å². The molecule has 15 heavy (non-hydrogen) atoms. The molecule has 4 heteroatoms. The standard InChI is InChI=1S/C11H9N3O/c15-14-6-2-4-9-7-8-3-1-5-12-10(8)13-11(9)14/h1-4,6-7,15H,5H2. The van der Waals surface area contributed by atoms with Crippen molar-refractivity contribution in [2.75, 3.05) is 11.6 Å². The first-order chi connectivity index (χ1) is 7.34. The molecule has 0 unspecified atom stereocenters. The van der Waals surface area contributed by atoms with Gasteiger partial charge in [-0.05, 0) is 18.2 Å². The van der Waals surface area contributed by atoms with E-state index in [1.807, 2.05) is 24.3 Å². The second-order valence-electron chi connectivity index (χ2n) is 3.41. The lowest BCUT2D eigenvalue weighted by molar-refractivity contribution is 0.291. The SMILES string of the molecule is ON1C=CC=c2cc3c(nc21)=NCC=C3. The van der Waals surface area contributed by atoms with E-state index in [2.05, 4.69) is 9.98 Å². The number of nitrogens with zero attached hydrogens (tertiary/aromatic N) is 3. The Morgan fingerprint density at radius 3 is 3.27 bits per heavy atom. The van der Waals surface area contributed by atoms with Gasteiger partial charge in [-0.2, -0.15) is 0 Å². The van der Waals surface area contributed by atoms with Crippen molar-refractivity contribution in [3.05, 3.63) is 40.7 Å².